The Kier molecular flexibility index (Phi) is 45.3. The molecular weight excluding hydrogens is 811 g/mol. The van der Waals surface area contributed by atoms with Crippen molar-refractivity contribution >= 4 is 17.9 Å². The fourth-order valence-electron chi connectivity index (χ4n) is 7.78. The van der Waals surface area contributed by atoms with E-state index >= 15 is 0 Å². The van der Waals surface area contributed by atoms with Gasteiger partial charge in [-0.05, 0) is 77.0 Å². The molecule has 0 aliphatic carbocycles. The molecule has 0 spiro atoms. The average molecular weight is 913 g/mol. The molecule has 0 amide bonds. The number of likely N-dealkylation sites (N-methyl/N-ethyl adjacent to an activating group) is 1. The van der Waals surface area contributed by atoms with Crippen molar-refractivity contribution in [2.45, 2.75) is 244 Å². The van der Waals surface area contributed by atoms with Gasteiger partial charge in [0.05, 0.1) is 34.4 Å². The van der Waals surface area contributed by atoms with Crippen LogP contribution in [0, 0.1) is 0 Å². The molecule has 0 heterocycles. The smallest absolute Gasteiger partial charge is 0.362 e. The lowest BCUT2D eigenvalue weighted by molar-refractivity contribution is -0.887. The predicted octanol–water partition coefficient (Wildman–Crippen LogP) is 15.7. The van der Waals surface area contributed by atoms with Gasteiger partial charge in [0.2, 0.25) is 0 Å². The van der Waals surface area contributed by atoms with E-state index in [4.69, 9.17) is 14.2 Å². The molecule has 1 N–H and O–H groups in total. The number of aliphatic carboxylic acids is 1. The molecule has 0 rings (SSSR count). The molecule has 0 bridgehead atoms. The first kappa shape index (κ1) is 62.0. The van der Waals surface area contributed by atoms with Crippen molar-refractivity contribution in [2.75, 3.05) is 41.0 Å². The molecule has 0 radical (unpaired) electrons. The number of hydrogen-bond donors (Lipinski definition) is 1. The third-order valence-electron chi connectivity index (χ3n) is 11.9. The number of quaternary nitrogens is 1. The van der Waals surface area contributed by atoms with Gasteiger partial charge in [-0.15, -0.1) is 0 Å². The molecule has 8 nitrogen and oxygen atoms in total. The second-order valence-corrected chi connectivity index (χ2v) is 19.1. The zero-order valence-corrected chi connectivity index (χ0v) is 42.9. The molecule has 0 aliphatic rings. The fraction of sp³-hybridized carbons (Fsp3) is 0.772. The first-order valence-corrected chi connectivity index (χ1v) is 26.8. The molecular formula is C57H102NO7+. The van der Waals surface area contributed by atoms with Gasteiger partial charge in [-0.25, -0.2) is 4.79 Å². The van der Waals surface area contributed by atoms with Gasteiger partial charge < -0.3 is 23.8 Å². The number of unbranched alkanes of at least 4 members (excludes halogenated alkanes) is 24. The number of ether oxygens (including phenoxy) is 3. The van der Waals surface area contributed by atoms with E-state index in [1.54, 1.807) is 0 Å². The topological polar surface area (TPSA) is 99.1 Å². The van der Waals surface area contributed by atoms with Crippen LogP contribution in [0.15, 0.2) is 60.8 Å². The lowest BCUT2D eigenvalue weighted by atomic mass is 10.0. The van der Waals surface area contributed by atoms with Crippen molar-refractivity contribution in [3.63, 3.8) is 0 Å². The number of nitrogens with zero attached hydrogens (tertiary/aromatic N) is 1. The number of carboxylic acid groups (broad SMARTS) is 1. The molecule has 376 valence electrons. The lowest BCUT2D eigenvalue weighted by Crippen LogP contribution is -2.50. The first-order chi connectivity index (χ1) is 31.6. The summed E-state index contributed by atoms with van der Waals surface area (Å²) in [5.74, 6) is -1.47. The zero-order valence-electron chi connectivity index (χ0n) is 42.9. The number of hydrogen-bond acceptors (Lipinski definition) is 6. The minimum absolute atomic E-state index is 0.0554. The summed E-state index contributed by atoms with van der Waals surface area (Å²) in [4.78, 5) is 37.2. The Morgan fingerprint density at radius 2 is 0.862 bits per heavy atom. The van der Waals surface area contributed by atoms with Crippen molar-refractivity contribution < 1.29 is 38.2 Å². The summed E-state index contributed by atoms with van der Waals surface area (Å²) in [7, 11) is 5.54. The number of rotatable bonds is 48. The van der Waals surface area contributed by atoms with Crippen molar-refractivity contribution in [1.29, 1.82) is 0 Å². The van der Waals surface area contributed by atoms with E-state index in [9.17, 15) is 19.5 Å². The second-order valence-electron chi connectivity index (χ2n) is 19.1. The Bertz CT molecular complexity index is 1250. The highest BCUT2D eigenvalue weighted by molar-refractivity contribution is 5.72. The van der Waals surface area contributed by atoms with E-state index in [1.807, 2.05) is 21.1 Å². The maximum atomic E-state index is 12.8. The molecule has 2 atom stereocenters. The minimum Gasteiger partial charge on any atom is -0.477 e. The Morgan fingerprint density at radius 3 is 1.29 bits per heavy atom. The summed E-state index contributed by atoms with van der Waals surface area (Å²) < 4.78 is 17.4. The van der Waals surface area contributed by atoms with E-state index < -0.39 is 18.1 Å². The van der Waals surface area contributed by atoms with Gasteiger partial charge in [0.15, 0.2) is 12.1 Å². The predicted molar refractivity (Wildman–Crippen MR) is 275 cm³/mol. The van der Waals surface area contributed by atoms with E-state index in [0.717, 1.165) is 64.2 Å². The van der Waals surface area contributed by atoms with Crippen molar-refractivity contribution in [2.24, 2.45) is 0 Å². The van der Waals surface area contributed by atoms with Gasteiger partial charge in [0, 0.05) is 19.3 Å². The maximum Gasteiger partial charge on any atom is 0.362 e. The van der Waals surface area contributed by atoms with E-state index in [0.29, 0.717) is 19.3 Å². The molecule has 0 aromatic heterocycles. The van der Waals surface area contributed by atoms with Crippen molar-refractivity contribution in [3.8, 4) is 0 Å². The molecule has 8 heteroatoms. The Hall–Kier alpha value is -2.97. The van der Waals surface area contributed by atoms with Crippen LogP contribution in [-0.2, 0) is 28.6 Å². The zero-order chi connectivity index (χ0) is 47.7. The van der Waals surface area contributed by atoms with Crippen LogP contribution in [0.4, 0.5) is 0 Å². The highest BCUT2D eigenvalue weighted by Gasteiger charge is 2.31. The van der Waals surface area contributed by atoms with Crippen LogP contribution in [0.5, 0.6) is 0 Å². The summed E-state index contributed by atoms with van der Waals surface area (Å²) in [5, 5.41) is 9.66. The van der Waals surface area contributed by atoms with Gasteiger partial charge in [-0.1, -0.05) is 197 Å². The molecule has 0 fully saturated rings. The van der Waals surface area contributed by atoms with Gasteiger partial charge in [0.25, 0.3) is 0 Å². The standard InChI is InChI=1S/C57H101NO7/c1-6-8-10-12-14-16-18-20-22-24-26-27-28-29-30-32-34-36-38-40-42-44-46-48-56(60)65-53(51-63-50-49-54(57(61)62)58(3,4)5)52-64-55(59)47-45-43-41-39-37-35-33-31-25-23-21-19-17-15-13-11-9-7-2/h8,10,14,16,20,22-23,25-27,53-54H,6-7,9,11-13,15,17-19,21,24,28-52H2,1-5H3/p+1/b10-8-,16-14-,22-20-,25-23-,27-26-. The summed E-state index contributed by atoms with van der Waals surface area (Å²) in [6.45, 7) is 4.64. The summed E-state index contributed by atoms with van der Waals surface area (Å²) >= 11 is 0. The molecule has 0 saturated heterocycles. The highest BCUT2D eigenvalue weighted by Crippen LogP contribution is 2.15. The molecule has 0 saturated carbocycles. The Balaban J connectivity index is 4.22. The van der Waals surface area contributed by atoms with Crippen molar-refractivity contribution in [3.05, 3.63) is 60.8 Å². The van der Waals surface area contributed by atoms with E-state index in [-0.39, 0.29) is 36.2 Å². The maximum absolute atomic E-state index is 12.8. The largest absolute Gasteiger partial charge is 0.477 e. The SMILES string of the molecule is CC/C=C\C/C=C\C/C=C\C/C=C\CCCCCCCCCCCCC(=O)OC(COCCC(C(=O)O)[N+](C)(C)C)COC(=O)CCCCCCCCC/C=C\CCCCCCCCC. The Morgan fingerprint density at radius 1 is 0.477 bits per heavy atom. The number of carbonyl (C=O) groups is 3. The third kappa shape index (κ3) is 46.0. The minimum atomic E-state index is -0.876. The first-order valence-electron chi connectivity index (χ1n) is 26.8. The van der Waals surface area contributed by atoms with E-state index in [2.05, 4.69) is 74.6 Å². The van der Waals surface area contributed by atoms with Gasteiger partial charge >= 0.3 is 17.9 Å². The van der Waals surface area contributed by atoms with Gasteiger partial charge in [0.1, 0.15) is 6.61 Å². The van der Waals surface area contributed by atoms with Gasteiger partial charge in [-0.3, -0.25) is 9.59 Å². The van der Waals surface area contributed by atoms with Crippen LogP contribution in [0.2, 0.25) is 0 Å². The van der Waals surface area contributed by atoms with Crippen LogP contribution < -0.4 is 0 Å². The summed E-state index contributed by atoms with van der Waals surface area (Å²) in [6.07, 6.45) is 59.8. The number of allylic oxidation sites excluding steroid dienone is 10. The third-order valence-corrected chi connectivity index (χ3v) is 11.9. The van der Waals surface area contributed by atoms with Crippen molar-refractivity contribution in [1.82, 2.24) is 0 Å². The van der Waals surface area contributed by atoms with Crippen LogP contribution >= 0.6 is 0 Å². The number of carbonyl (C=O) groups excluding carboxylic acids is 2. The highest BCUT2D eigenvalue weighted by atomic mass is 16.6. The van der Waals surface area contributed by atoms with Crippen LogP contribution in [0.1, 0.15) is 232 Å². The second kappa shape index (κ2) is 47.5. The average Bonchev–Trinajstić information content (AvgIpc) is 3.27. The lowest BCUT2D eigenvalue weighted by Gasteiger charge is -2.31. The normalized spacial score (nSPS) is 13.3. The summed E-state index contributed by atoms with van der Waals surface area (Å²) in [5.41, 5.74) is 0. The van der Waals surface area contributed by atoms with Gasteiger partial charge in [-0.2, -0.15) is 0 Å². The number of carboxylic acids is 1. The van der Waals surface area contributed by atoms with Crippen LogP contribution in [-0.4, -0.2) is 80.6 Å². The molecule has 2 unspecified atom stereocenters. The van der Waals surface area contributed by atoms with Crippen LogP contribution in [0.3, 0.4) is 0 Å². The van der Waals surface area contributed by atoms with E-state index in [1.165, 1.54) is 135 Å². The molecule has 0 aromatic rings. The quantitative estimate of drug-likeness (QED) is 0.0281. The summed E-state index contributed by atoms with van der Waals surface area (Å²) in [6, 6.07) is -0.618. The molecule has 0 aromatic carbocycles. The molecule has 65 heavy (non-hydrogen) atoms. The molecule has 0 aliphatic heterocycles. The van der Waals surface area contributed by atoms with Crippen LogP contribution in [0.25, 0.3) is 0 Å². The Labute approximate surface area is 400 Å². The number of esters is 2. The monoisotopic (exact) mass is 913 g/mol. The fourth-order valence-corrected chi connectivity index (χ4v) is 7.78.